The monoisotopic (exact) mass is 872 g/mol. The molecule has 320 valence electrons. The van der Waals surface area contributed by atoms with E-state index in [0.29, 0.717) is 34.1 Å². The van der Waals surface area contributed by atoms with Gasteiger partial charge in [0.2, 0.25) is 0 Å². The number of rotatable bonds is 12. The standard InChI is InChI=1S/C52H34F6N6O/c53-34-10-22-40(23-11-34)62(41-24-12-35(54)13-25-41)49-7-1-4-46(59-49)52(65,47-5-2-8-50(60-47)63(42-26-14-36(55)15-27-42)43-28-16-37(56)17-29-43)48-6-3-9-51(61-48)64(44-30-18-38(57)19-31-44)45-32-20-39(58)21-33-45/h1-33,65H. The Bertz CT molecular complexity index is 2600. The van der Waals surface area contributed by atoms with Crippen LogP contribution in [0.25, 0.3) is 0 Å². The SMILES string of the molecule is OC(c1cccc(N(c2ccc(F)cc2)c2ccc(F)cc2)n1)(c1cccc(N(c2ccc(F)cc2)c2ccc(F)cc2)n1)c1cccc(N(c2ccc(F)cc2)c2ccc(F)cc2)n1. The van der Waals surface area contributed by atoms with Crippen LogP contribution < -0.4 is 14.7 Å². The summed E-state index contributed by atoms with van der Waals surface area (Å²) in [6, 6.07) is 48.5. The minimum Gasteiger partial charge on any atom is -0.372 e. The lowest BCUT2D eigenvalue weighted by Crippen LogP contribution is -2.33. The van der Waals surface area contributed by atoms with Crippen LogP contribution in [0.4, 0.5) is 77.9 Å². The zero-order chi connectivity index (χ0) is 45.1. The van der Waals surface area contributed by atoms with Crippen molar-refractivity contribution in [3.63, 3.8) is 0 Å². The van der Waals surface area contributed by atoms with Crippen molar-refractivity contribution in [3.8, 4) is 0 Å². The molecular formula is C52H34F6N6O. The van der Waals surface area contributed by atoms with Gasteiger partial charge in [0.05, 0.1) is 17.1 Å². The van der Waals surface area contributed by atoms with E-state index in [9.17, 15) is 31.4 Å². The highest BCUT2D eigenvalue weighted by Crippen LogP contribution is 2.42. The topological polar surface area (TPSA) is 68.6 Å². The number of pyridine rings is 3. The van der Waals surface area contributed by atoms with Crippen LogP contribution in [-0.2, 0) is 5.60 Å². The van der Waals surface area contributed by atoms with E-state index in [-0.39, 0.29) is 34.5 Å². The van der Waals surface area contributed by atoms with Gasteiger partial charge < -0.3 is 5.11 Å². The fourth-order valence-electron chi connectivity index (χ4n) is 7.42. The Morgan fingerprint density at radius 1 is 0.277 bits per heavy atom. The Morgan fingerprint density at radius 3 is 0.646 bits per heavy atom. The van der Waals surface area contributed by atoms with Gasteiger partial charge in [0.15, 0.2) is 5.60 Å². The number of anilines is 9. The molecule has 0 fully saturated rings. The number of halogens is 6. The lowest BCUT2D eigenvalue weighted by Gasteiger charge is -2.32. The summed E-state index contributed by atoms with van der Waals surface area (Å²) in [5.74, 6) is -2.16. The maximum absolute atomic E-state index is 14.3. The van der Waals surface area contributed by atoms with Crippen LogP contribution >= 0.6 is 0 Å². The second-order valence-electron chi connectivity index (χ2n) is 14.7. The highest BCUT2D eigenvalue weighted by atomic mass is 19.1. The lowest BCUT2D eigenvalue weighted by atomic mass is 9.89. The number of hydrogen-bond donors (Lipinski definition) is 1. The van der Waals surface area contributed by atoms with E-state index in [2.05, 4.69) is 0 Å². The molecule has 0 spiro atoms. The summed E-state index contributed by atoms with van der Waals surface area (Å²) in [4.78, 5) is 20.1. The van der Waals surface area contributed by atoms with E-state index in [1.165, 1.54) is 146 Å². The van der Waals surface area contributed by atoms with Crippen molar-refractivity contribution in [1.29, 1.82) is 0 Å². The molecule has 0 atom stereocenters. The Balaban J connectivity index is 1.27. The van der Waals surface area contributed by atoms with Gasteiger partial charge in [-0.25, -0.2) is 41.3 Å². The minimum atomic E-state index is -2.31. The molecule has 0 aliphatic rings. The third kappa shape index (κ3) is 8.73. The Labute approximate surface area is 369 Å². The fraction of sp³-hybridized carbons (Fsp3) is 0.0192. The molecule has 0 unspecified atom stereocenters. The number of hydrogen-bond acceptors (Lipinski definition) is 7. The number of aliphatic hydroxyl groups is 1. The maximum atomic E-state index is 14.3. The van der Waals surface area contributed by atoms with Crippen molar-refractivity contribution in [1.82, 2.24) is 15.0 Å². The van der Waals surface area contributed by atoms with Crippen molar-refractivity contribution in [3.05, 3.63) is 252 Å². The van der Waals surface area contributed by atoms with Gasteiger partial charge in [-0.2, -0.15) is 0 Å². The fourth-order valence-corrected chi connectivity index (χ4v) is 7.42. The quantitative estimate of drug-likeness (QED) is 0.123. The first kappa shape index (κ1) is 42.0. The van der Waals surface area contributed by atoms with Gasteiger partial charge in [0, 0.05) is 34.1 Å². The molecule has 7 nitrogen and oxygen atoms in total. The van der Waals surface area contributed by atoms with Crippen molar-refractivity contribution in [2.75, 3.05) is 14.7 Å². The summed E-state index contributed by atoms with van der Waals surface area (Å²) in [6.45, 7) is 0. The highest BCUT2D eigenvalue weighted by molar-refractivity contribution is 5.77. The molecular weight excluding hydrogens is 839 g/mol. The van der Waals surface area contributed by atoms with Crippen LogP contribution in [0.15, 0.2) is 200 Å². The molecule has 0 aliphatic carbocycles. The lowest BCUT2D eigenvalue weighted by molar-refractivity contribution is 0.111. The van der Waals surface area contributed by atoms with E-state index in [0.717, 1.165) is 0 Å². The minimum absolute atomic E-state index is 0.0174. The molecule has 3 aromatic heterocycles. The predicted molar refractivity (Wildman–Crippen MR) is 239 cm³/mol. The molecule has 1 N–H and O–H groups in total. The Morgan fingerprint density at radius 2 is 0.462 bits per heavy atom. The third-order valence-electron chi connectivity index (χ3n) is 10.5. The predicted octanol–water partition coefficient (Wildman–Crippen LogP) is 13.4. The molecule has 6 aromatic carbocycles. The molecule has 0 bridgehead atoms. The van der Waals surface area contributed by atoms with Crippen molar-refractivity contribution < 1.29 is 31.4 Å². The zero-order valence-electron chi connectivity index (χ0n) is 34.0. The number of benzene rings is 6. The summed E-state index contributed by atoms with van der Waals surface area (Å²) in [7, 11) is 0. The van der Waals surface area contributed by atoms with Crippen molar-refractivity contribution in [2.45, 2.75) is 5.60 Å². The van der Waals surface area contributed by atoms with Gasteiger partial charge in [0.1, 0.15) is 52.4 Å². The van der Waals surface area contributed by atoms with Gasteiger partial charge in [-0.1, -0.05) is 18.2 Å². The average molecular weight is 873 g/mol. The van der Waals surface area contributed by atoms with Crippen LogP contribution in [0.3, 0.4) is 0 Å². The molecule has 0 aliphatic heterocycles. The van der Waals surface area contributed by atoms with Gasteiger partial charge in [-0.15, -0.1) is 0 Å². The second-order valence-corrected chi connectivity index (χ2v) is 14.7. The van der Waals surface area contributed by atoms with E-state index >= 15 is 0 Å². The summed E-state index contributed by atoms with van der Waals surface area (Å²) >= 11 is 0. The van der Waals surface area contributed by atoms with Gasteiger partial charge >= 0.3 is 0 Å². The van der Waals surface area contributed by atoms with E-state index < -0.39 is 40.5 Å². The van der Waals surface area contributed by atoms with Crippen LogP contribution in [-0.4, -0.2) is 20.1 Å². The molecule has 0 amide bonds. The molecule has 0 radical (unpaired) electrons. The van der Waals surface area contributed by atoms with Crippen LogP contribution in [0.2, 0.25) is 0 Å². The number of nitrogens with zero attached hydrogens (tertiary/aromatic N) is 6. The van der Waals surface area contributed by atoms with Crippen LogP contribution in [0, 0.1) is 34.9 Å². The van der Waals surface area contributed by atoms with Crippen molar-refractivity contribution >= 4 is 51.6 Å². The molecule has 0 saturated heterocycles. The molecule has 9 rings (SSSR count). The van der Waals surface area contributed by atoms with E-state index in [1.54, 1.807) is 69.3 Å². The number of aromatic nitrogens is 3. The Kier molecular flexibility index (Phi) is 11.5. The smallest absolute Gasteiger partial charge is 0.191 e. The molecule has 3 heterocycles. The molecule has 13 heteroatoms. The summed E-state index contributed by atoms with van der Waals surface area (Å²) in [6.07, 6.45) is 0. The largest absolute Gasteiger partial charge is 0.372 e. The van der Waals surface area contributed by atoms with Gasteiger partial charge in [-0.05, 0) is 182 Å². The molecule has 65 heavy (non-hydrogen) atoms. The summed E-state index contributed by atoms with van der Waals surface area (Å²) < 4.78 is 85.7. The Hall–Kier alpha value is -8.29. The molecule has 9 aromatic rings. The van der Waals surface area contributed by atoms with Crippen LogP contribution in [0.5, 0.6) is 0 Å². The third-order valence-corrected chi connectivity index (χ3v) is 10.5. The highest BCUT2D eigenvalue weighted by Gasteiger charge is 2.40. The van der Waals surface area contributed by atoms with E-state index in [4.69, 9.17) is 15.0 Å². The van der Waals surface area contributed by atoms with Crippen molar-refractivity contribution in [2.24, 2.45) is 0 Å². The second kappa shape index (κ2) is 17.8. The first-order valence-corrected chi connectivity index (χ1v) is 20.1. The first-order chi connectivity index (χ1) is 31.5. The summed E-state index contributed by atoms with van der Waals surface area (Å²) in [5, 5.41) is 13.6. The zero-order valence-corrected chi connectivity index (χ0v) is 34.0. The average Bonchev–Trinajstić information content (AvgIpc) is 3.33. The van der Waals surface area contributed by atoms with Gasteiger partial charge in [-0.3, -0.25) is 14.7 Å². The first-order valence-electron chi connectivity index (χ1n) is 20.1. The normalized spacial score (nSPS) is 11.3. The molecule has 0 saturated carbocycles. The summed E-state index contributed by atoms with van der Waals surface area (Å²) in [5.41, 5.74) is 0.545. The van der Waals surface area contributed by atoms with E-state index in [1.807, 2.05) is 0 Å². The van der Waals surface area contributed by atoms with Crippen LogP contribution in [0.1, 0.15) is 17.1 Å². The maximum Gasteiger partial charge on any atom is 0.191 e. The van der Waals surface area contributed by atoms with Gasteiger partial charge in [0.25, 0.3) is 0 Å².